The first-order valence-electron chi connectivity index (χ1n) is 10.1. The van der Waals surface area contributed by atoms with E-state index < -0.39 is 28.3 Å². The van der Waals surface area contributed by atoms with E-state index >= 15 is 0 Å². The minimum atomic E-state index is -4.30. The number of benzene rings is 2. The molecule has 0 atom stereocenters. The van der Waals surface area contributed by atoms with Gasteiger partial charge in [-0.2, -0.15) is 0 Å². The Balaban J connectivity index is 2.30. The number of para-hydroxylation sites is 1. The summed E-state index contributed by atoms with van der Waals surface area (Å²) >= 11 is 0. The first kappa shape index (κ1) is 25.4. The fourth-order valence-electron chi connectivity index (χ4n) is 2.86. The lowest BCUT2D eigenvalue weighted by Crippen LogP contribution is -2.41. The molecule has 0 bridgehead atoms. The Morgan fingerprint density at radius 2 is 1.78 bits per heavy atom. The van der Waals surface area contributed by atoms with Crippen LogP contribution in [0.25, 0.3) is 0 Å². The topological polar surface area (TPSA) is 94.2 Å². The lowest BCUT2D eigenvalue weighted by atomic mass is 10.3. The van der Waals surface area contributed by atoms with Gasteiger partial charge in [0.05, 0.1) is 30.9 Å². The van der Waals surface area contributed by atoms with Crippen molar-refractivity contribution in [2.45, 2.75) is 31.3 Å². The van der Waals surface area contributed by atoms with E-state index in [2.05, 4.69) is 5.32 Å². The number of nitrogens with one attached hydrogen (secondary N) is 1. The van der Waals surface area contributed by atoms with Gasteiger partial charge in [-0.25, -0.2) is 12.8 Å². The predicted octanol–water partition coefficient (Wildman–Crippen LogP) is 2.97. The summed E-state index contributed by atoms with van der Waals surface area (Å²) in [7, 11) is -1.50. The molecule has 10 heteroatoms. The molecule has 8 nitrogen and oxygen atoms in total. The summed E-state index contributed by atoms with van der Waals surface area (Å²) in [5, 5.41) is 2.65. The van der Waals surface area contributed by atoms with E-state index in [-0.39, 0.29) is 22.4 Å². The predicted molar refractivity (Wildman–Crippen MR) is 119 cm³/mol. The zero-order chi connectivity index (χ0) is 23.7. The van der Waals surface area contributed by atoms with Gasteiger partial charge in [0.2, 0.25) is 5.91 Å². The van der Waals surface area contributed by atoms with Crippen LogP contribution in [0.2, 0.25) is 0 Å². The minimum Gasteiger partial charge on any atom is -0.493 e. The highest BCUT2D eigenvalue weighted by Crippen LogP contribution is 2.32. The van der Waals surface area contributed by atoms with Crippen LogP contribution >= 0.6 is 0 Å². The van der Waals surface area contributed by atoms with Gasteiger partial charge in [-0.3, -0.25) is 9.10 Å². The molecule has 0 heterocycles. The zero-order valence-electron chi connectivity index (χ0n) is 18.6. The molecule has 0 spiro atoms. The largest absolute Gasteiger partial charge is 0.493 e. The van der Waals surface area contributed by atoms with Crippen LogP contribution in [0.5, 0.6) is 11.5 Å². The van der Waals surface area contributed by atoms with Gasteiger partial charge in [0.15, 0.2) is 11.5 Å². The molecule has 32 heavy (non-hydrogen) atoms. The normalized spacial score (nSPS) is 11.3. The summed E-state index contributed by atoms with van der Waals surface area (Å²) in [6.45, 7) is 3.97. The fourth-order valence-corrected chi connectivity index (χ4v) is 4.31. The summed E-state index contributed by atoms with van der Waals surface area (Å²) in [6.07, 6.45) is 0.639. The van der Waals surface area contributed by atoms with Gasteiger partial charge in [-0.1, -0.05) is 12.1 Å². The van der Waals surface area contributed by atoms with Gasteiger partial charge in [0.25, 0.3) is 10.0 Å². The van der Waals surface area contributed by atoms with Crippen LogP contribution in [0.1, 0.15) is 20.3 Å². The quantitative estimate of drug-likeness (QED) is 0.482. The highest BCUT2D eigenvalue weighted by Gasteiger charge is 2.30. The molecule has 0 aliphatic heterocycles. The van der Waals surface area contributed by atoms with Crippen molar-refractivity contribution in [1.82, 2.24) is 5.32 Å². The first-order valence-corrected chi connectivity index (χ1v) is 11.5. The third kappa shape index (κ3) is 6.57. The van der Waals surface area contributed by atoms with E-state index in [1.54, 1.807) is 0 Å². The lowest BCUT2D eigenvalue weighted by Gasteiger charge is -2.25. The Morgan fingerprint density at radius 3 is 2.41 bits per heavy atom. The summed E-state index contributed by atoms with van der Waals surface area (Å²) in [4.78, 5) is 12.3. The van der Waals surface area contributed by atoms with Gasteiger partial charge in [0, 0.05) is 19.2 Å². The second kappa shape index (κ2) is 11.7. The summed E-state index contributed by atoms with van der Waals surface area (Å²) in [6, 6.07) is 9.38. The standard InChI is InChI=1S/C22H29FN2O6S/c1-16(2)31-13-7-12-24-22(26)15-25(19-9-6-5-8-18(19)23)32(27,28)17-10-11-20(29-3)21(14-17)30-4/h5-6,8-11,14,16H,7,12-13,15H2,1-4H3,(H,24,26). The molecule has 0 fully saturated rings. The number of anilines is 1. The number of ether oxygens (including phenoxy) is 3. The Bertz CT molecular complexity index is 1010. The van der Waals surface area contributed by atoms with E-state index in [0.29, 0.717) is 25.3 Å². The molecular formula is C22H29FN2O6S. The van der Waals surface area contributed by atoms with Crippen LogP contribution in [0.3, 0.4) is 0 Å². The van der Waals surface area contributed by atoms with Crippen LogP contribution in [0.4, 0.5) is 10.1 Å². The number of nitrogens with zero attached hydrogens (tertiary/aromatic N) is 1. The number of carbonyl (C=O) groups is 1. The molecule has 0 radical (unpaired) electrons. The second-order valence-electron chi connectivity index (χ2n) is 7.10. The van der Waals surface area contributed by atoms with E-state index in [4.69, 9.17) is 14.2 Å². The molecule has 2 aromatic carbocycles. The number of hydrogen-bond donors (Lipinski definition) is 1. The van der Waals surface area contributed by atoms with Crippen molar-refractivity contribution in [3.05, 3.63) is 48.3 Å². The molecule has 2 rings (SSSR count). The van der Waals surface area contributed by atoms with Crippen LogP contribution in [0, 0.1) is 5.82 Å². The number of sulfonamides is 1. The van der Waals surface area contributed by atoms with Crippen LogP contribution in [0.15, 0.2) is 47.4 Å². The summed E-state index contributed by atoms with van der Waals surface area (Å²) in [5.41, 5.74) is -0.236. The van der Waals surface area contributed by atoms with Crippen LogP contribution in [-0.4, -0.2) is 54.3 Å². The number of rotatable bonds is 12. The van der Waals surface area contributed by atoms with E-state index in [0.717, 1.165) is 10.4 Å². The number of amides is 1. The van der Waals surface area contributed by atoms with E-state index in [1.165, 1.54) is 50.6 Å². The molecule has 0 unspecified atom stereocenters. The minimum absolute atomic E-state index is 0.0777. The maximum atomic E-state index is 14.5. The highest BCUT2D eigenvalue weighted by molar-refractivity contribution is 7.92. The fraction of sp³-hybridized carbons (Fsp3) is 0.409. The molecule has 0 aliphatic rings. The highest BCUT2D eigenvalue weighted by atomic mass is 32.2. The Hall–Kier alpha value is -2.85. The van der Waals surface area contributed by atoms with Crippen molar-refractivity contribution in [2.24, 2.45) is 0 Å². The van der Waals surface area contributed by atoms with E-state index in [9.17, 15) is 17.6 Å². The maximum absolute atomic E-state index is 14.5. The van der Waals surface area contributed by atoms with Crippen molar-refractivity contribution in [3.8, 4) is 11.5 Å². The number of halogens is 1. The first-order chi connectivity index (χ1) is 15.2. The second-order valence-corrected chi connectivity index (χ2v) is 8.97. The lowest BCUT2D eigenvalue weighted by molar-refractivity contribution is -0.119. The Morgan fingerprint density at radius 1 is 1.09 bits per heavy atom. The molecule has 1 N–H and O–H groups in total. The molecule has 0 aliphatic carbocycles. The van der Waals surface area contributed by atoms with Gasteiger partial charge in [-0.05, 0) is 44.5 Å². The van der Waals surface area contributed by atoms with Crippen molar-refractivity contribution < 1.29 is 31.8 Å². The van der Waals surface area contributed by atoms with Crippen LogP contribution in [-0.2, 0) is 19.6 Å². The smallest absolute Gasteiger partial charge is 0.265 e. The van der Waals surface area contributed by atoms with Gasteiger partial charge in [-0.15, -0.1) is 0 Å². The maximum Gasteiger partial charge on any atom is 0.265 e. The molecule has 1 amide bonds. The number of hydrogen-bond acceptors (Lipinski definition) is 6. The zero-order valence-corrected chi connectivity index (χ0v) is 19.4. The van der Waals surface area contributed by atoms with Crippen molar-refractivity contribution >= 4 is 21.6 Å². The van der Waals surface area contributed by atoms with Gasteiger partial charge < -0.3 is 19.5 Å². The van der Waals surface area contributed by atoms with E-state index in [1.807, 2.05) is 13.8 Å². The van der Waals surface area contributed by atoms with Gasteiger partial charge in [0.1, 0.15) is 12.4 Å². The summed E-state index contributed by atoms with van der Waals surface area (Å²) in [5.74, 6) is -0.807. The molecule has 176 valence electrons. The molecule has 2 aromatic rings. The van der Waals surface area contributed by atoms with Gasteiger partial charge >= 0.3 is 0 Å². The molecule has 0 saturated carbocycles. The average molecular weight is 469 g/mol. The monoisotopic (exact) mass is 468 g/mol. The molecule has 0 saturated heterocycles. The van der Waals surface area contributed by atoms with Crippen molar-refractivity contribution in [2.75, 3.05) is 38.2 Å². The van der Waals surface area contributed by atoms with Crippen molar-refractivity contribution in [3.63, 3.8) is 0 Å². The summed E-state index contributed by atoms with van der Waals surface area (Å²) < 4.78 is 57.8. The third-order valence-corrected chi connectivity index (χ3v) is 6.20. The average Bonchev–Trinajstić information content (AvgIpc) is 2.77. The van der Waals surface area contributed by atoms with Crippen molar-refractivity contribution in [1.29, 1.82) is 0 Å². The molecule has 0 aromatic heterocycles. The third-order valence-electron chi connectivity index (χ3n) is 4.45. The Kier molecular flexibility index (Phi) is 9.27. The molecular weight excluding hydrogens is 439 g/mol. The number of methoxy groups -OCH3 is 2. The Labute approximate surface area is 188 Å². The SMILES string of the molecule is COc1ccc(S(=O)(=O)N(CC(=O)NCCCOC(C)C)c2ccccc2F)cc1OC. The van der Waals surface area contributed by atoms with Crippen LogP contribution < -0.4 is 19.1 Å². The number of carbonyl (C=O) groups excluding carboxylic acids is 1.